The lowest BCUT2D eigenvalue weighted by atomic mass is 10.1. The van der Waals surface area contributed by atoms with Gasteiger partial charge in [0.15, 0.2) is 0 Å². The molecule has 0 fully saturated rings. The molecule has 2 rings (SSSR count). The van der Waals surface area contributed by atoms with Gasteiger partial charge in [-0.2, -0.15) is 0 Å². The normalized spacial score (nSPS) is 10.2. The molecule has 0 saturated carbocycles. The molecule has 0 heterocycles. The molecule has 0 aliphatic rings. The third-order valence-corrected chi connectivity index (χ3v) is 3.71. The van der Waals surface area contributed by atoms with Crippen LogP contribution in [0.15, 0.2) is 52.3 Å². The van der Waals surface area contributed by atoms with E-state index in [4.69, 9.17) is 5.11 Å². The maximum atomic E-state index is 10.9. The molecule has 0 spiro atoms. The van der Waals surface area contributed by atoms with Gasteiger partial charge in [-0.3, -0.25) is 10.1 Å². The number of rotatable bonds is 4. The lowest BCUT2D eigenvalue weighted by Crippen LogP contribution is -1.99. The highest BCUT2D eigenvalue weighted by Gasteiger charge is 2.09. The number of non-ortho nitro benzene ring substituents is 1. The van der Waals surface area contributed by atoms with E-state index in [0.29, 0.717) is 5.56 Å². The van der Waals surface area contributed by atoms with E-state index < -0.39 is 10.9 Å². The number of carbonyl (C=O) groups is 1. The van der Waals surface area contributed by atoms with Gasteiger partial charge in [-0.1, -0.05) is 11.8 Å². The summed E-state index contributed by atoms with van der Waals surface area (Å²) in [7, 11) is 0. The quantitative estimate of drug-likeness (QED) is 0.684. The minimum atomic E-state index is -0.950. The highest BCUT2D eigenvalue weighted by atomic mass is 32.2. The van der Waals surface area contributed by atoms with Gasteiger partial charge in [-0.25, -0.2) is 4.79 Å². The first-order valence-electron chi connectivity index (χ1n) is 5.73. The molecule has 1 N–H and O–H groups in total. The summed E-state index contributed by atoms with van der Waals surface area (Å²) in [5, 5.41) is 19.5. The largest absolute Gasteiger partial charge is 0.478 e. The third-order valence-electron chi connectivity index (χ3n) is 2.71. The molecule has 0 amide bonds. The molecule has 0 unspecified atom stereocenters. The molecule has 2 aromatic carbocycles. The molecule has 2 aromatic rings. The van der Waals surface area contributed by atoms with Gasteiger partial charge in [0.1, 0.15) is 0 Å². The van der Waals surface area contributed by atoms with Gasteiger partial charge in [0.05, 0.1) is 10.5 Å². The van der Waals surface area contributed by atoms with Crippen molar-refractivity contribution in [2.75, 3.05) is 0 Å². The number of nitrogens with zero attached hydrogens (tertiary/aromatic N) is 1. The molecular weight excluding hydrogens is 278 g/mol. The second kappa shape index (κ2) is 5.75. The zero-order chi connectivity index (χ0) is 14.7. The Morgan fingerprint density at radius 1 is 1.15 bits per heavy atom. The van der Waals surface area contributed by atoms with Gasteiger partial charge in [0, 0.05) is 21.9 Å². The number of carboxylic acids is 1. The average Bonchev–Trinajstić information content (AvgIpc) is 2.39. The van der Waals surface area contributed by atoms with E-state index >= 15 is 0 Å². The van der Waals surface area contributed by atoms with Gasteiger partial charge in [-0.05, 0) is 42.8 Å². The third kappa shape index (κ3) is 3.16. The smallest absolute Gasteiger partial charge is 0.335 e. The topological polar surface area (TPSA) is 80.4 Å². The molecular formula is C14H11NO4S. The number of carboxylic acid groups (broad SMARTS) is 1. The summed E-state index contributed by atoms with van der Waals surface area (Å²) >= 11 is 1.43. The maximum absolute atomic E-state index is 10.9. The molecule has 0 aliphatic heterocycles. The number of hydrogen-bond acceptors (Lipinski definition) is 4. The predicted molar refractivity (Wildman–Crippen MR) is 75.4 cm³/mol. The molecule has 20 heavy (non-hydrogen) atoms. The number of benzene rings is 2. The highest BCUT2D eigenvalue weighted by molar-refractivity contribution is 7.99. The van der Waals surface area contributed by atoms with Crippen LogP contribution < -0.4 is 0 Å². The van der Waals surface area contributed by atoms with Crippen LogP contribution in [0.3, 0.4) is 0 Å². The summed E-state index contributed by atoms with van der Waals surface area (Å²) in [5.74, 6) is -0.950. The minimum Gasteiger partial charge on any atom is -0.478 e. The summed E-state index contributed by atoms with van der Waals surface area (Å²) in [5.41, 5.74) is 1.01. The van der Waals surface area contributed by atoms with Crippen molar-refractivity contribution < 1.29 is 14.8 Å². The molecule has 0 aliphatic carbocycles. The predicted octanol–water partition coefficient (Wildman–Crippen LogP) is 3.75. The molecule has 0 saturated heterocycles. The van der Waals surface area contributed by atoms with E-state index in [2.05, 4.69) is 0 Å². The Bertz CT molecular complexity index is 667. The molecule has 5 nitrogen and oxygen atoms in total. The van der Waals surface area contributed by atoms with Crippen molar-refractivity contribution in [3.8, 4) is 0 Å². The van der Waals surface area contributed by atoms with Gasteiger partial charge in [0.25, 0.3) is 5.69 Å². The maximum Gasteiger partial charge on any atom is 0.335 e. The van der Waals surface area contributed by atoms with E-state index in [-0.39, 0.29) is 11.3 Å². The average molecular weight is 289 g/mol. The van der Waals surface area contributed by atoms with Crippen molar-refractivity contribution >= 4 is 23.4 Å². The first-order chi connectivity index (χ1) is 9.47. The van der Waals surface area contributed by atoms with E-state index in [9.17, 15) is 14.9 Å². The van der Waals surface area contributed by atoms with Crippen LogP contribution in [0, 0.1) is 17.0 Å². The fourth-order valence-corrected chi connectivity index (χ4v) is 2.63. The second-order valence-electron chi connectivity index (χ2n) is 4.13. The summed E-state index contributed by atoms with van der Waals surface area (Å²) in [6.45, 7) is 1.74. The van der Waals surface area contributed by atoms with Crippen LogP contribution in [0.25, 0.3) is 0 Å². The van der Waals surface area contributed by atoms with Crippen LogP contribution in [0.2, 0.25) is 0 Å². The monoisotopic (exact) mass is 289 g/mol. The zero-order valence-corrected chi connectivity index (χ0v) is 11.4. The van der Waals surface area contributed by atoms with Gasteiger partial charge in [-0.15, -0.1) is 0 Å². The van der Waals surface area contributed by atoms with Crippen LogP contribution in [-0.4, -0.2) is 16.0 Å². The van der Waals surface area contributed by atoms with E-state index in [1.807, 2.05) is 0 Å². The van der Waals surface area contributed by atoms with Crippen molar-refractivity contribution in [3.05, 3.63) is 63.7 Å². The lowest BCUT2D eigenvalue weighted by Gasteiger charge is -2.05. The van der Waals surface area contributed by atoms with Crippen molar-refractivity contribution in [3.63, 3.8) is 0 Å². The van der Waals surface area contributed by atoms with E-state index in [1.165, 1.54) is 23.9 Å². The standard InChI is InChI=1S/C14H11NO4S/c1-9-8-12(6-7-13(9)14(16)17)20-11-4-2-10(3-5-11)15(18)19/h2-8H,1H3,(H,16,17). The summed E-state index contributed by atoms with van der Waals surface area (Å²) in [6.07, 6.45) is 0. The lowest BCUT2D eigenvalue weighted by molar-refractivity contribution is -0.384. The molecule has 0 aromatic heterocycles. The second-order valence-corrected chi connectivity index (χ2v) is 5.28. The SMILES string of the molecule is Cc1cc(Sc2ccc([N+](=O)[O-])cc2)ccc1C(=O)O. The number of nitro benzene ring substituents is 1. The number of nitro groups is 1. The van der Waals surface area contributed by atoms with Gasteiger partial charge in [0.2, 0.25) is 0 Å². The Hall–Kier alpha value is -2.34. The number of aryl methyl sites for hydroxylation is 1. The van der Waals surface area contributed by atoms with E-state index in [0.717, 1.165) is 9.79 Å². The van der Waals surface area contributed by atoms with Crippen molar-refractivity contribution in [1.82, 2.24) is 0 Å². The Morgan fingerprint density at radius 3 is 2.25 bits per heavy atom. The van der Waals surface area contributed by atoms with Crippen LogP contribution in [0.4, 0.5) is 5.69 Å². The van der Waals surface area contributed by atoms with Crippen LogP contribution >= 0.6 is 11.8 Å². The summed E-state index contributed by atoms with van der Waals surface area (Å²) in [6, 6.07) is 11.3. The van der Waals surface area contributed by atoms with Crippen molar-refractivity contribution in [2.45, 2.75) is 16.7 Å². The van der Waals surface area contributed by atoms with Gasteiger partial charge < -0.3 is 5.11 Å². The van der Waals surface area contributed by atoms with Gasteiger partial charge >= 0.3 is 5.97 Å². The Morgan fingerprint density at radius 2 is 1.75 bits per heavy atom. The number of hydrogen-bond donors (Lipinski definition) is 1. The van der Waals surface area contributed by atoms with Crippen molar-refractivity contribution in [1.29, 1.82) is 0 Å². The molecule has 6 heteroatoms. The molecule has 102 valence electrons. The van der Waals surface area contributed by atoms with E-state index in [1.54, 1.807) is 37.3 Å². The van der Waals surface area contributed by atoms with Crippen molar-refractivity contribution in [2.24, 2.45) is 0 Å². The Kier molecular flexibility index (Phi) is 4.05. The molecule has 0 bridgehead atoms. The Balaban J connectivity index is 2.19. The minimum absolute atomic E-state index is 0.0479. The fraction of sp³-hybridized carbons (Fsp3) is 0.0714. The number of aromatic carboxylic acids is 1. The summed E-state index contributed by atoms with van der Waals surface area (Å²) < 4.78 is 0. The summed E-state index contributed by atoms with van der Waals surface area (Å²) in [4.78, 5) is 22.8. The Labute approximate surface area is 119 Å². The fourth-order valence-electron chi connectivity index (χ4n) is 1.71. The van der Waals surface area contributed by atoms with Crippen LogP contribution in [0.5, 0.6) is 0 Å². The first kappa shape index (κ1) is 14.1. The molecule has 0 atom stereocenters. The van der Waals surface area contributed by atoms with Crippen LogP contribution in [-0.2, 0) is 0 Å². The highest BCUT2D eigenvalue weighted by Crippen LogP contribution is 2.30. The first-order valence-corrected chi connectivity index (χ1v) is 6.55. The molecule has 0 radical (unpaired) electrons. The zero-order valence-electron chi connectivity index (χ0n) is 10.6. The van der Waals surface area contributed by atoms with Crippen LogP contribution in [0.1, 0.15) is 15.9 Å².